The third kappa shape index (κ3) is 6.62. The highest BCUT2D eigenvalue weighted by Gasteiger charge is 2.31. The van der Waals surface area contributed by atoms with Crippen LogP contribution < -0.4 is 14.8 Å². The van der Waals surface area contributed by atoms with Gasteiger partial charge < -0.3 is 24.4 Å². The van der Waals surface area contributed by atoms with Gasteiger partial charge in [-0.15, -0.1) is 0 Å². The van der Waals surface area contributed by atoms with E-state index >= 15 is 0 Å². The second kappa shape index (κ2) is 12.0. The zero-order valence-corrected chi connectivity index (χ0v) is 22.5. The van der Waals surface area contributed by atoms with E-state index in [1.807, 2.05) is 6.07 Å². The van der Waals surface area contributed by atoms with Crippen molar-refractivity contribution in [2.24, 2.45) is 11.8 Å². The third-order valence-electron chi connectivity index (χ3n) is 7.37. The lowest BCUT2D eigenvalue weighted by atomic mass is 10.0. The number of hydrogen-bond donors (Lipinski definition) is 1. The molecule has 2 amide bonds. The fourth-order valence-corrected chi connectivity index (χ4v) is 4.85. The topological polar surface area (TPSA) is 80.3 Å². The zero-order chi connectivity index (χ0) is 26.5. The maximum Gasteiger partial charge on any atom is 0.259 e. The first kappa shape index (κ1) is 26.9. The van der Waals surface area contributed by atoms with E-state index in [1.54, 1.807) is 55.5 Å². The molecule has 2 aromatic carbocycles. The van der Waals surface area contributed by atoms with Crippen LogP contribution in [0.5, 0.6) is 11.5 Å². The normalized spacial score (nSPS) is 23.3. The molecule has 8 heteroatoms. The number of carbonyl (C=O) groups is 2. The molecule has 2 aromatic rings. The first-order valence-corrected chi connectivity index (χ1v) is 13.0. The molecule has 3 atom stereocenters. The van der Waals surface area contributed by atoms with Crippen molar-refractivity contribution in [3.8, 4) is 11.5 Å². The number of anilines is 1. The highest BCUT2D eigenvalue weighted by molar-refractivity contribution is 6.07. The van der Waals surface area contributed by atoms with Crippen LogP contribution in [0, 0.1) is 11.8 Å². The summed E-state index contributed by atoms with van der Waals surface area (Å²) >= 11 is 0. The van der Waals surface area contributed by atoms with E-state index in [-0.39, 0.29) is 29.9 Å². The number of ether oxygens (including phenoxy) is 3. The van der Waals surface area contributed by atoms with Crippen LogP contribution in [-0.4, -0.2) is 81.3 Å². The fraction of sp³-hybridized carbons (Fsp3) is 0.517. The monoisotopic (exact) mass is 509 g/mol. The van der Waals surface area contributed by atoms with Gasteiger partial charge in [0.25, 0.3) is 11.8 Å². The Labute approximate surface area is 219 Å². The van der Waals surface area contributed by atoms with Gasteiger partial charge >= 0.3 is 0 Å². The van der Waals surface area contributed by atoms with Crippen molar-refractivity contribution in [1.82, 2.24) is 9.80 Å². The molecule has 8 nitrogen and oxygen atoms in total. The highest BCUT2D eigenvalue weighted by atomic mass is 16.5. The van der Waals surface area contributed by atoms with Gasteiger partial charge in [-0.3, -0.25) is 14.5 Å². The van der Waals surface area contributed by atoms with Gasteiger partial charge in [0.15, 0.2) is 0 Å². The van der Waals surface area contributed by atoms with Crippen molar-refractivity contribution in [2.45, 2.75) is 38.8 Å². The smallest absolute Gasteiger partial charge is 0.259 e. The molecule has 1 aliphatic carbocycles. The molecule has 1 saturated carbocycles. The summed E-state index contributed by atoms with van der Waals surface area (Å²) in [5.41, 5.74) is 1.33. The molecule has 37 heavy (non-hydrogen) atoms. The van der Waals surface area contributed by atoms with Crippen molar-refractivity contribution >= 4 is 17.5 Å². The summed E-state index contributed by atoms with van der Waals surface area (Å²) in [5, 5.41) is 2.90. The van der Waals surface area contributed by atoms with Crippen LogP contribution >= 0.6 is 0 Å². The van der Waals surface area contributed by atoms with Crippen molar-refractivity contribution in [3.63, 3.8) is 0 Å². The second-order valence-electron chi connectivity index (χ2n) is 10.4. The summed E-state index contributed by atoms with van der Waals surface area (Å²) in [6, 6.07) is 12.4. The van der Waals surface area contributed by atoms with Gasteiger partial charge in [0.1, 0.15) is 18.1 Å². The Morgan fingerprint density at radius 3 is 2.57 bits per heavy atom. The number of carbonyl (C=O) groups excluding carboxylic acids is 2. The minimum atomic E-state index is -0.315. The minimum absolute atomic E-state index is 0.0971. The van der Waals surface area contributed by atoms with E-state index < -0.39 is 0 Å². The summed E-state index contributed by atoms with van der Waals surface area (Å²) in [6.45, 7) is 7.24. The first-order valence-electron chi connectivity index (χ1n) is 13.0. The molecule has 1 aliphatic heterocycles. The first-order chi connectivity index (χ1) is 17.8. The number of benzene rings is 2. The number of methoxy groups -OCH3 is 2. The highest BCUT2D eigenvalue weighted by Crippen LogP contribution is 2.32. The molecule has 2 aliphatic rings. The Kier molecular flexibility index (Phi) is 8.71. The second-order valence-corrected chi connectivity index (χ2v) is 10.4. The lowest BCUT2D eigenvalue weighted by Crippen LogP contribution is -2.47. The molecule has 0 bridgehead atoms. The molecule has 200 valence electrons. The molecule has 1 heterocycles. The Bertz CT molecular complexity index is 1100. The van der Waals surface area contributed by atoms with Crippen LogP contribution in [-0.2, 0) is 4.74 Å². The SMILES string of the molecule is COc1ccccc1C(=O)Nc1ccc2c(c1)C(=O)N(C)C[C@@H](OC)[C@@H](C)CN(CC1CC1)[C@H](C)CO2. The van der Waals surface area contributed by atoms with Crippen molar-refractivity contribution in [2.75, 3.05) is 52.8 Å². The summed E-state index contributed by atoms with van der Waals surface area (Å²) < 4.78 is 17.4. The van der Waals surface area contributed by atoms with Gasteiger partial charge in [0.05, 0.1) is 24.3 Å². The van der Waals surface area contributed by atoms with E-state index in [9.17, 15) is 9.59 Å². The fourth-order valence-electron chi connectivity index (χ4n) is 4.85. The largest absolute Gasteiger partial charge is 0.496 e. The lowest BCUT2D eigenvalue weighted by molar-refractivity contribution is 0.00994. The number of nitrogens with one attached hydrogen (secondary N) is 1. The molecular weight excluding hydrogens is 470 g/mol. The lowest BCUT2D eigenvalue weighted by Gasteiger charge is -2.36. The molecule has 4 rings (SSSR count). The summed E-state index contributed by atoms with van der Waals surface area (Å²) in [4.78, 5) is 30.7. The van der Waals surface area contributed by atoms with Gasteiger partial charge in [-0.25, -0.2) is 0 Å². The van der Waals surface area contributed by atoms with Gasteiger partial charge in [-0.2, -0.15) is 0 Å². The average molecular weight is 510 g/mol. The maximum atomic E-state index is 13.6. The van der Waals surface area contributed by atoms with Crippen LogP contribution in [0.3, 0.4) is 0 Å². The molecule has 1 N–H and O–H groups in total. The molecule has 0 radical (unpaired) electrons. The zero-order valence-electron chi connectivity index (χ0n) is 22.5. The number of nitrogens with zero attached hydrogens (tertiary/aromatic N) is 2. The van der Waals surface area contributed by atoms with Gasteiger partial charge in [-0.1, -0.05) is 19.1 Å². The molecule has 0 saturated heterocycles. The van der Waals surface area contributed by atoms with Crippen LogP contribution in [0.4, 0.5) is 5.69 Å². The number of amides is 2. The molecule has 1 fully saturated rings. The number of para-hydroxylation sites is 1. The van der Waals surface area contributed by atoms with Crippen LogP contribution in [0.25, 0.3) is 0 Å². The van der Waals surface area contributed by atoms with E-state index in [0.717, 1.165) is 19.0 Å². The van der Waals surface area contributed by atoms with Gasteiger partial charge in [0.2, 0.25) is 0 Å². The van der Waals surface area contributed by atoms with Gasteiger partial charge in [-0.05, 0) is 61.9 Å². The van der Waals surface area contributed by atoms with Crippen molar-refractivity contribution in [3.05, 3.63) is 53.6 Å². The molecule has 0 spiro atoms. The standard InChI is InChI=1S/C29H39N3O5/c1-19-15-32(16-21-10-11-21)20(2)18-37-26-13-12-22(14-24(26)29(34)31(3)17-27(19)36-5)30-28(33)23-8-6-7-9-25(23)35-4/h6-9,12-14,19-21,27H,10-11,15-18H2,1-5H3,(H,30,33)/t19-,20+,27+/m0/s1. The molecule has 0 aromatic heterocycles. The number of fused-ring (bicyclic) bond motifs is 1. The minimum Gasteiger partial charge on any atom is -0.496 e. The number of rotatable bonds is 6. The van der Waals surface area contributed by atoms with Crippen molar-refractivity contribution < 1.29 is 23.8 Å². The van der Waals surface area contributed by atoms with Crippen LogP contribution in [0.1, 0.15) is 47.4 Å². The maximum absolute atomic E-state index is 13.6. The summed E-state index contributed by atoms with van der Waals surface area (Å²) in [7, 11) is 5.02. The Balaban J connectivity index is 1.61. The average Bonchev–Trinajstić information content (AvgIpc) is 3.73. The Morgan fingerprint density at radius 2 is 1.86 bits per heavy atom. The summed E-state index contributed by atoms with van der Waals surface area (Å²) in [5.74, 6) is 1.50. The number of hydrogen-bond acceptors (Lipinski definition) is 6. The predicted molar refractivity (Wildman–Crippen MR) is 144 cm³/mol. The predicted octanol–water partition coefficient (Wildman–Crippen LogP) is 4.16. The van der Waals surface area contributed by atoms with Gasteiger partial charge in [0, 0.05) is 45.5 Å². The quantitative estimate of drug-likeness (QED) is 0.630. The van der Waals surface area contributed by atoms with Crippen molar-refractivity contribution in [1.29, 1.82) is 0 Å². The molecular formula is C29H39N3O5. The van der Waals surface area contributed by atoms with E-state index in [2.05, 4.69) is 24.1 Å². The van der Waals surface area contributed by atoms with Crippen LogP contribution in [0.15, 0.2) is 42.5 Å². The number of likely N-dealkylation sites (N-methyl/N-ethyl adjacent to an activating group) is 1. The van der Waals surface area contributed by atoms with E-state index in [4.69, 9.17) is 14.2 Å². The third-order valence-corrected chi connectivity index (χ3v) is 7.37. The summed E-state index contributed by atoms with van der Waals surface area (Å²) in [6.07, 6.45) is 2.48. The molecule has 0 unspecified atom stereocenters. The Morgan fingerprint density at radius 1 is 1.11 bits per heavy atom. The van der Waals surface area contributed by atoms with E-state index in [1.165, 1.54) is 20.0 Å². The van der Waals surface area contributed by atoms with E-state index in [0.29, 0.717) is 41.5 Å². The Hall–Kier alpha value is -3.10. The van der Waals surface area contributed by atoms with Crippen LogP contribution in [0.2, 0.25) is 0 Å².